The van der Waals surface area contributed by atoms with Crippen LogP contribution < -0.4 is 0 Å². The van der Waals surface area contributed by atoms with E-state index in [1.165, 1.54) is 18.2 Å². The highest BCUT2D eigenvalue weighted by atomic mass is 19.1. The highest BCUT2D eigenvalue weighted by Gasteiger charge is 2.30. The monoisotopic (exact) mass is 526 g/mol. The fourth-order valence-electron chi connectivity index (χ4n) is 6.28. The predicted octanol–water partition coefficient (Wildman–Crippen LogP) is 5.98. The van der Waals surface area contributed by atoms with Crippen LogP contribution in [0.25, 0.3) is 10.9 Å². The molecule has 3 aromatic carbocycles. The molecule has 6 rings (SSSR count). The van der Waals surface area contributed by atoms with Crippen molar-refractivity contribution < 1.29 is 13.6 Å². The van der Waals surface area contributed by atoms with Gasteiger partial charge in [0.15, 0.2) is 5.78 Å². The second-order valence-electron chi connectivity index (χ2n) is 11.0. The maximum Gasteiger partial charge on any atom is 0.163 e. The molecule has 200 valence electrons. The van der Waals surface area contributed by atoms with E-state index in [0.717, 1.165) is 59.4 Å². The van der Waals surface area contributed by atoms with Crippen LogP contribution in [0.3, 0.4) is 0 Å². The van der Waals surface area contributed by atoms with Crippen LogP contribution in [0.1, 0.15) is 52.4 Å². The molecule has 2 atom stereocenters. The lowest BCUT2D eigenvalue weighted by molar-refractivity contribution is 0.0864. The normalized spacial score (nSPS) is 19.3. The van der Waals surface area contributed by atoms with Gasteiger partial charge in [-0.1, -0.05) is 31.2 Å². The van der Waals surface area contributed by atoms with Crippen molar-refractivity contribution in [2.45, 2.75) is 32.7 Å². The van der Waals surface area contributed by atoms with Crippen molar-refractivity contribution in [3.05, 3.63) is 100 Å². The zero-order chi connectivity index (χ0) is 27.1. The highest BCUT2D eigenvalue weighted by molar-refractivity contribution is 6.17. The number of rotatable bonds is 7. The number of hydrogen-bond donors (Lipinski definition) is 0. The average molecular weight is 527 g/mol. The Labute approximate surface area is 227 Å². The van der Waals surface area contributed by atoms with Gasteiger partial charge in [0.05, 0.1) is 17.8 Å². The molecular weight excluding hydrogens is 494 g/mol. The smallest absolute Gasteiger partial charge is 0.163 e. The minimum Gasteiger partial charge on any atom is -0.303 e. The van der Waals surface area contributed by atoms with Gasteiger partial charge in [0.1, 0.15) is 11.6 Å². The largest absolute Gasteiger partial charge is 0.303 e. The molecule has 2 unspecified atom stereocenters. The molecule has 0 saturated carbocycles. The van der Waals surface area contributed by atoms with E-state index in [0.29, 0.717) is 24.9 Å². The van der Waals surface area contributed by atoms with Crippen LogP contribution in [0, 0.1) is 23.5 Å². The Balaban J connectivity index is 1.19. The predicted molar refractivity (Wildman–Crippen MR) is 149 cm³/mol. The molecule has 0 radical (unpaired) electrons. The summed E-state index contributed by atoms with van der Waals surface area (Å²) in [6.07, 6.45) is 3.53. The SMILES string of the molecule is CCN1CC(CC(=O)c2ccc3c(c2)C(c2ccc4nn(C)cc4c2)=NC3)CC(Cc2c(F)cccc2F)C1. The van der Waals surface area contributed by atoms with E-state index in [4.69, 9.17) is 4.99 Å². The number of Topliss-reactive ketones (excluding diaryl/α,β-unsaturated/α-hetero) is 1. The second-order valence-corrected chi connectivity index (χ2v) is 11.0. The van der Waals surface area contributed by atoms with Crippen LogP contribution in [0.5, 0.6) is 0 Å². The third kappa shape index (κ3) is 5.15. The molecule has 0 spiro atoms. The maximum absolute atomic E-state index is 14.3. The van der Waals surface area contributed by atoms with Gasteiger partial charge in [-0.05, 0) is 67.1 Å². The summed E-state index contributed by atoms with van der Waals surface area (Å²) >= 11 is 0. The summed E-state index contributed by atoms with van der Waals surface area (Å²) in [6, 6.07) is 16.1. The van der Waals surface area contributed by atoms with Crippen molar-refractivity contribution in [1.29, 1.82) is 0 Å². The summed E-state index contributed by atoms with van der Waals surface area (Å²) < 4.78 is 30.5. The molecule has 39 heavy (non-hydrogen) atoms. The van der Waals surface area contributed by atoms with Gasteiger partial charge in [0.2, 0.25) is 0 Å². The number of aromatic nitrogens is 2. The van der Waals surface area contributed by atoms with Crippen molar-refractivity contribution in [2.75, 3.05) is 19.6 Å². The number of fused-ring (bicyclic) bond motifs is 2. The Morgan fingerprint density at radius 2 is 1.82 bits per heavy atom. The number of carbonyl (C=O) groups excluding carboxylic acids is 1. The van der Waals surface area contributed by atoms with Crippen LogP contribution >= 0.6 is 0 Å². The lowest BCUT2D eigenvalue weighted by atomic mass is 9.82. The second kappa shape index (κ2) is 10.5. The van der Waals surface area contributed by atoms with E-state index in [-0.39, 0.29) is 23.2 Å². The van der Waals surface area contributed by atoms with E-state index in [9.17, 15) is 13.6 Å². The van der Waals surface area contributed by atoms with Crippen LogP contribution in [0.15, 0.2) is 65.8 Å². The fourth-order valence-corrected chi connectivity index (χ4v) is 6.28. The quantitative estimate of drug-likeness (QED) is 0.279. The molecule has 0 amide bonds. The number of nitrogens with zero attached hydrogens (tertiary/aromatic N) is 4. The van der Waals surface area contributed by atoms with E-state index in [2.05, 4.69) is 23.0 Å². The fraction of sp³-hybridized carbons (Fsp3) is 0.344. The molecule has 0 aliphatic carbocycles. The summed E-state index contributed by atoms with van der Waals surface area (Å²) in [6.45, 7) is 5.15. The lowest BCUT2D eigenvalue weighted by Crippen LogP contribution is -2.41. The number of piperidine rings is 1. The first-order chi connectivity index (χ1) is 18.9. The van der Waals surface area contributed by atoms with Crippen molar-refractivity contribution in [3.63, 3.8) is 0 Å². The van der Waals surface area contributed by atoms with Crippen LogP contribution in [-0.2, 0) is 20.0 Å². The third-order valence-electron chi connectivity index (χ3n) is 8.16. The molecule has 5 nitrogen and oxygen atoms in total. The number of ketones is 1. The van der Waals surface area contributed by atoms with Crippen molar-refractivity contribution in [3.8, 4) is 0 Å². The number of aryl methyl sites for hydroxylation is 1. The van der Waals surface area contributed by atoms with Gasteiger partial charge in [-0.25, -0.2) is 8.78 Å². The molecular formula is C32H32F2N4O. The average Bonchev–Trinajstić information content (AvgIpc) is 3.52. The topological polar surface area (TPSA) is 50.5 Å². The number of halogens is 2. The van der Waals surface area contributed by atoms with Crippen molar-refractivity contribution in [1.82, 2.24) is 14.7 Å². The van der Waals surface area contributed by atoms with E-state index in [1.54, 1.807) is 4.68 Å². The van der Waals surface area contributed by atoms with E-state index in [1.807, 2.05) is 43.6 Å². The molecule has 0 bridgehead atoms. The minimum atomic E-state index is -0.491. The van der Waals surface area contributed by atoms with Gasteiger partial charge in [0.25, 0.3) is 0 Å². The molecule has 4 aromatic rings. The maximum atomic E-state index is 14.3. The first kappa shape index (κ1) is 25.6. The van der Waals surface area contributed by atoms with Crippen LogP contribution in [-0.4, -0.2) is 45.8 Å². The standard InChI is InChI=1S/C32H32F2N4O/c1-3-38-17-20(12-27-28(33)5-4-6-29(27)34)11-21(18-38)13-31(39)22-7-8-24-16-35-32(26(24)15-22)23-9-10-30-25(14-23)19-37(2)36-30/h4-10,14-15,19-21H,3,11-13,16-18H2,1-2H3. The summed E-state index contributed by atoms with van der Waals surface area (Å²) in [4.78, 5) is 20.6. The van der Waals surface area contributed by atoms with Gasteiger partial charge in [0, 0.05) is 60.4 Å². The van der Waals surface area contributed by atoms with Gasteiger partial charge < -0.3 is 4.90 Å². The number of likely N-dealkylation sites (tertiary alicyclic amines) is 1. The first-order valence-electron chi connectivity index (χ1n) is 13.7. The van der Waals surface area contributed by atoms with Gasteiger partial charge in [-0.3, -0.25) is 14.5 Å². The number of benzene rings is 3. The Morgan fingerprint density at radius 1 is 1.03 bits per heavy atom. The molecule has 1 fully saturated rings. The summed E-state index contributed by atoms with van der Waals surface area (Å²) in [5.74, 6) is -0.640. The Hall–Kier alpha value is -3.71. The zero-order valence-electron chi connectivity index (χ0n) is 22.3. The first-order valence-corrected chi connectivity index (χ1v) is 13.7. The Bertz CT molecular complexity index is 1570. The summed E-state index contributed by atoms with van der Waals surface area (Å²) in [7, 11) is 1.91. The van der Waals surface area contributed by atoms with Gasteiger partial charge >= 0.3 is 0 Å². The lowest BCUT2D eigenvalue weighted by Gasteiger charge is -2.37. The van der Waals surface area contributed by atoms with Gasteiger partial charge in [-0.15, -0.1) is 0 Å². The molecule has 3 heterocycles. The minimum absolute atomic E-state index is 0.101. The van der Waals surface area contributed by atoms with Crippen molar-refractivity contribution in [2.24, 2.45) is 23.9 Å². The number of aliphatic imine (C=N–C) groups is 1. The molecule has 2 aliphatic rings. The molecule has 1 aromatic heterocycles. The number of carbonyl (C=O) groups is 1. The molecule has 0 N–H and O–H groups in total. The summed E-state index contributed by atoms with van der Waals surface area (Å²) in [5.41, 5.74) is 5.84. The molecule has 7 heteroatoms. The zero-order valence-corrected chi connectivity index (χ0v) is 22.3. The van der Waals surface area contributed by atoms with Crippen LogP contribution in [0.4, 0.5) is 8.78 Å². The highest BCUT2D eigenvalue weighted by Crippen LogP contribution is 2.31. The van der Waals surface area contributed by atoms with Crippen LogP contribution in [0.2, 0.25) is 0 Å². The van der Waals surface area contributed by atoms with Crippen molar-refractivity contribution >= 4 is 22.4 Å². The Morgan fingerprint density at radius 3 is 2.62 bits per heavy atom. The Kier molecular flexibility index (Phi) is 6.85. The van der Waals surface area contributed by atoms with E-state index >= 15 is 0 Å². The van der Waals surface area contributed by atoms with Gasteiger partial charge in [-0.2, -0.15) is 5.10 Å². The molecule has 2 aliphatic heterocycles. The van der Waals surface area contributed by atoms with E-state index < -0.39 is 11.6 Å². The number of hydrogen-bond acceptors (Lipinski definition) is 4. The summed E-state index contributed by atoms with van der Waals surface area (Å²) in [5, 5.41) is 5.51. The third-order valence-corrected chi connectivity index (χ3v) is 8.16. The molecule has 1 saturated heterocycles.